The second-order valence-electron chi connectivity index (χ2n) is 5.70. The summed E-state index contributed by atoms with van der Waals surface area (Å²) in [6.07, 6.45) is 0.808. The molecular weight excluding hydrogens is 370 g/mol. The van der Waals surface area contributed by atoms with E-state index in [0.717, 1.165) is 12.0 Å². The number of thioether (sulfide) groups is 1. The summed E-state index contributed by atoms with van der Waals surface area (Å²) in [5, 5.41) is 11.8. The number of halogens is 1. The lowest BCUT2D eigenvalue weighted by Crippen LogP contribution is -2.27. The molecule has 134 valence electrons. The van der Waals surface area contributed by atoms with Crippen LogP contribution in [0.25, 0.3) is 11.5 Å². The van der Waals surface area contributed by atoms with Gasteiger partial charge in [-0.1, -0.05) is 53.7 Å². The second kappa shape index (κ2) is 8.87. The van der Waals surface area contributed by atoms with Crippen molar-refractivity contribution in [3.05, 3.63) is 64.7 Å². The number of rotatable bonds is 7. The van der Waals surface area contributed by atoms with Gasteiger partial charge < -0.3 is 9.73 Å². The molecule has 0 fully saturated rings. The van der Waals surface area contributed by atoms with Gasteiger partial charge in [-0.25, -0.2) is 0 Å². The fourth-order valence-corrected chi connectivity index (χ4v) is 3.20. The highest BCUT2D eigenvalue weighted by molar-refractivity contribution is 7.99. The molecule has 1 heterocycles. The summed E-state index contributed by atoms with van der Waals surface area (Å²) in [4.78, 5) is 12.0. The Balaban J connectivity index is 1.45. The molecule has 0 radical (unpaired) electrons. The van der Waals surface area contributed by atoms with Crippen molar-refractivity contribution in [3.63, 3.8) is 0 Å². The minimum absolute atomic E-state index is 0.0638. The molecule has 1 aromatic heterocycles. The maximum absolute atomic E-state index is 12.0. The molecule has 26 heavy (non-hydrogen) atoms. The van der Waals surface area contributed by atoms with E-state index in [1.165, 1.54) is 22.9 Å². The highest BCUT2D eigenvalue weighted by Crippen LogP contribution is 2.24. The Bertz CT molecular complexity index is 898. The standard InChI is InChI=1S/C19H18ClN3O2S/c1-13-5-2-3-6-14(13)9-10-21-17(24)12-26-19-23-22-18(25-19)15-7-4-8-16(20)11-15/h2-8,11H,9-10,12H2,1H3,(H,21,24). The highest BCUT2D eigenvalue weighted by atomic mass is 35.5. The van der Waals surface area contributed by atoms with Gasteiger partial charge >= 0.3 is 0 Å². The van der Waals surface area contributed by atoms with E-state index >= 15 is 0 Å². The Morgan fingerprint density at radius 3 is 2.85 bits per heavy atom. The van der Waals surface area contributed by atoms with E-state index in [0.29, 0.717) is 22.7 Å². The summed E-state index contributed by atoms with van der Waals surface area (Å²) >= 11 is 7.17. The SMILES string of the molecule is Cc1ccccc1CCNC(=O)CSc1nnc(-c2cccc(Cl)c2)o1. The number of aryl methyl sites for hydroxylation is 1. The molecule has 7 heteroatoms. The zero-order valence-corrected chi connectivity index (χ0v) is 15.8. The van der Waals surface area contributed by atoms with Gasteiger partial charge in [0.05, 0.1) is 5.75 Å². The van der Waals surface area contributed by atoms with Crippen molar-refractivity contribution in [2.75, 3.05) is 12.3 Å². The fraction of sp³-hybridized carbons (Fsp3) is 0.211. The van der Waals surface area contributed by atoms with Gasteiger partial charge in [-0.15, -0.1) is 10.2 Å². The van der Waals surface area contributed by atoms with Crippen molar-refractivity contribution >= 4 is 29.3 Å². The van der Waals surface area contributed by atoms with Crippen LogP contribution in [0.2, 0.25) is 5.02 Å². The molecular formula is C19H18ClN3O2S. The Kier molecular flexibility index (Phi) is 6.30. The molecule has 0 atom stereocenters. The molecule has 1 amide bonds. The average molecular weight is 388 g/mol. The van der Waals surface area contributed by atoms with Crippen molar-refractivity contribution in [1.82, 2.24) is 15.5 Å². The summed E-state index contributed by atoms with van der Waals surface area (Å²) in [5.74, 6) is 0.548. The maximum Gasteiger partial charge on any atom is 0.277 e. The molecule has 0 unspecified atom stereocenters. The topological polar surface area (TPSA) is 68.0 Å². The Hall–Kier alpha value is -2.31. The first kappa shape index (κ1) is 18.5. The van der Waals surface area contributed by atoms with Crippen LogP contribution < -0.4 is 5.32 Å². The van der Waals surface area contributed by atoms with Gasteiger partial charge in [0.25, 0.3) is 5.22 Å². The minimum atomic E-state index is -0.0638. The minimum Gasteiger partial charge on any atom is -0.411 e. The summed E-state index contributed by atoms with van der Waals surface area (Å²) in [6.45, 7) is 2.67. The number of aromatic nitrogens is 2. The third-order valence-corrected chi connectivity index (χ3v) is 4.84. The van der Waals surface area contributed by atoms with Gasteiger partial charge in [0.15, 0.2) is 0 Å². The Morgan fingerprint density at radius 1 is 1.19 bits per heavy atom. The predicted octanol–water partition coefficient (Wildman–Crippen LogP) is 4.15. The number of carbonyl (C=O) groups is 1. The molecule has 5 nitrogen and oxygen atoms in total. The largest absolute Gasteiger partial charge is 0.411 e. The molecule has 0 saturated heterocycles. The van der Waals surface area contributed by atoms with Crippen LogP contribution in [0.5, 0.6) is 0 Å². The molecule has 2 aromatic carbocycles. The van der Waals surface area contributed by atoms with E-state index in [9.17, 15) is 4.79 Å². The number of benzene rings is 2. The van der Waals surface area contributed by atoms with Crippen LogP contribution in [-0.4, -0.2) is 28.4 Å². The van der Waals surface area contributed by atoms with Crippen LogP contribution in [0.15, 0.2) is 58.2 Å². The number of hydrogen-bond acceptors (Lipinski definition) is 5. The Morgan fingerprint density at radius 2 is 2.04 bits per heavy atom. The predicted molar refractivity (Wildman–Crippen MR) is 103 cm³/mol. The van der Waals surface area contributed by atoms with Crippen molar-refractivity contribution in [1.29, 1.82) is 0 Å². The summed E-state index contributed by atoms with van der Waals surface area (Å²) < 4.78 is 5.57. The number of nitrogens with one attached hydrogen (secondary N) is 1. The molecule has 0 bridgehead atoms. The first-order valence-electron chi connectivity index (χ1n) is 8.15. The summed E-state index contributed by atoms with van der Waals surface area (Å²) in [6, 6.07) is 15.3. The lowest BCUT2D eigenvalue weighted by molar-refractivity contribution is -0.118. The number of nitrogens with zero attached hydrogens (tertiary/aromatic N) is 2. The third-order valence-electron chi connectivity index (χ3n) is 3.78. The zero-order chi connectivity index (χ0) is 18.4. The number of amides is 1. The quantitative estimate of drug-likeness (QED) is 0.617. The number of hydrogen-bond donors (Lipinski definition) is 1. The van der Waals surface area contributed by atoms with E-state index in [1.54, 1.807) is 12.1 Å². The molecule has 3 aromatic rings. The zero-order valence-electron chi connectivity index (χ0n) is 14.2. The smallest absolute Gasteiger partial charge is 0.277 e. The van der Waals surface area contributed by atoms with Gasteiger partial charge in [-0.2, -0.15) is 0 Å². The summed E-state index contributed by atoms with van der Waals surface area (Å²) in [5.41, 5.74) is 3.22. The van der Waals surface area contributed by atoms with E-state index in [-0.39, 0.29) is 11.7 Å². The van der Waals surface area contributed by atoms with Crippen LogP contribution >= 0.6 is 23.4 Å². The first-order valence-corrected chi connectivity index (χ1v) is 9.51. The lowest BCUT2D eigenvalue weighted by Gasteiger charge is -2.06. The van der Waals surface area contributed by atoms with Crippen LogP contribution in [0.3, 0.4) is 0 Å². The van der Waals surface area contributed by atoms with Gasteiger partial charge in [-0.3, -0.25) is 4.79 Å². The molecule has 0 saturated carbocycles. The first-order chi connectivity index (χ1) is 12.6. The second-order valence-corrected chi connectivity index (χ2v) is 7.06. The summed E-state index contributed by atoms with van der Waals surface area (Å²) in [7, 11) is 0. The van der Waals surface area contributed by atoms with Crippen LogP contribution in [0.1, 0.15) is 11.1 Å². The fourth-order valence-electron chi connectivity index (χ4n) is 2.41. The van der Waals surface area contributed by atoms with E-state index in [1.807, 2.05) is 24.3 Å². The lowest BCUT2D eigenvalue weighted by atomic mass is 10.1. The molecule has 3 rings (SSSR count). The van der Waals surface area contributed by atoms with Crippen molar-refractivity contribution in [3.8, 4) is 11.5 Å². The van der Waals surface area contributed by atoms with Crippen molar-refractivity contribution in [2.45, 2.75) is 18.6 Å². The molecule has 0 aliphatic heterocycles. The van der Waals surface area contributed by atoms with Gasteiger partial charge in [-0.05, 0) is 42.7 Å². The highest BCUT2D eigenvalue weighted by Gasteiger charge is 2.11. The molecule has 1 N–H and O–H groups in total. The molecule has 0 aliphatic rings. The Labute approximate surface area is 161 Å². The van der Waals surface area contributed by atoms with E-state index in [2.05, 4.69) is 34.6 Å². The molecule has 0 spiro atoms. The van der Waals surface area contributed by atoms with Crippen molar-refractivity contribution < 1.29 is 9.21 Å². The molecule has 0 aliphatic carbocycles. The van der Waals surface area contributed by atoms with Gasteiger partial charge in [0, 0.05) is 17.1 Å². The third kappa shape index (κ3) is 5.09. The van der Waals surface area contributed by atoms with Crippen LogP contribution in [-0.2, 0) is 11.2 Å². The monoisotopic (exact) mass is 387 g/mol. The van der Waals surface area contributed by atoms with Gasteiger partial charge in [0.1, 0.15) is 0 Å². The normalized spacial score (nSPS) is 10.7. The number of carbonyl (C=O) groups excluding carboxylic acids is 1. The van der Waals surface area contributed by atoms with E-state index < -0.39 is 0 Å². The van der Waals surface area contributed by atoms with Crippen LogP contribution in [0.4, 0.5) is 0 Å². The van der Waals surface area contributed by atoms with Gasteiger partial charge in [0.2, 0.25) is 11.8 Å². The van der Waals surface area contributed by atoms with Crippen LogP contribution in [0, 0.1) is 6.92 Å². The van der Waals surface area contributed by atoms with Crippen molar-refractivity contribution in [2.24, 2.45) is 0 Å². The average Bonchev–Trinajstić information content (AvgIpc) is 3.11. The van der Waals surface area contributed by atoms with E-state index in [4.69, 9.17) is 16.0 Å². The maximum atomic E-state index is 12.0.